The molecule has 0 aliphatic carbocycles. The lowest BCUT2D eigenvalue weighted by Gasteiger charge is -2.10. The molecule has 0 bridgehead atoms. The molecule has 0 atom stereocenters. The van der Waals surface area contributed by atoms with E-state index in [1.54, 1.807) is 24.3 Å². The summed E-state index contributed by atoms with van der Waals surface area (Å²) in [6.07, 6.45) is 3.53. The van der Waals surface area contributed by atoms with Crippen molar-refractivity contribution in [1.82, 2.24) is 10.7 Å². The minimum atomic E-state index is -0.448. The highest BCUT2D eigenvalue weighted by atomic mass is 79.9. The standard InChI is InChI=1S/C27H28BrN3O4/c1-2-3-15-34-24-12-9-21(10-13-24)27(33)29-18-26(32)31-30-17-22-16-23(28)11-14-25(22)35-19-20-7-5-4-6-8-20/h4-14,16-17H,2-3,15,18-19H2,1H3,(H,29,33)(H,31,32)/b30-17-. The summed E-state index contributed by atoms with van der Waals surface area (Å²) in [5.41, 5.74) is 4.60. The van der Waals surface area contributed by atoms with Crippen LogP contribution in [0.4, 0.5) is 0 Å². The van der Waals surface area contributed by atoms with Crippen molar-refractivity contribution in [1.29, 1.82) is 0 Å². The minimum absolute atomic E-state index is 0.208. The molecule has 0 saturated carbocycles. The van der Waals surface area contributed by atoms with Crippen LogP contribution in [-0.2, 0) is 11.4 Å². The number of carbonyl (C=O) groups is 2. The summed E-state index contributed by atoms with van der Waals surface area (Å²) in [5.74, 6) is 0.538. The second-order valence-corrected chi connectivity index (χ2v) is 8.57. The van der Waals surface area contributed by atoms with E-state index < -0.39 is 5.91 Å². The van der Waals surface area contributed by atoms with Gasteiger partial charge in [0.2, 0.25) is 0 Å². The van der Waals surface area contributed by atoms with Gasteiger partial charge in [-0.15, -0.1) is 0 Å². The number of amides is 2. The van der Waals surface area contributed by atoms with E-state index in [9.17, 15) is 9.59 Å². The van der Waals surface area contributed by atoms with Gasteiger partial charge in [-0.1, -0.05) is 59.6 Å². The maximum atomic E-state index is 12.3. The van der Waals surface area contributed by atoms with E-state index >= 15 is 0 Å². The van der Waals surface area contributed by atoms with E-state index in [0.717, 1.165) is 22.9 Å². The molecular weight excluding hydrogens is 510 g/mol. The van der Waals surface area contributed by atoms with E-state index in [4.69, 9.17) is 9.47 Å². The van der Waals surface area contributed by atoms with Gasteiger partial charge in [-0.05, 0) is 54.4 Å². The number of carbonyl (C=O) groups excluding carboxylic acids is 2. The van der Waals surface area contributed by atoms with E-state index in [2.05, 4.69) is 38.7 Å². The van der Waals surface area contributed by atoms with E-state index in [-0.39, 0.29) is 12.5 Å². The van der Waals surface area contributed by atoms with Gasteiger partial charge < -0.3 is 14.8 Å². The molecule has 0 saturated heterocycles. The van der Waals surface area contributed by atoms with Crippen LogP contribution in [0.25, 0.3) is 0 Å². The molecular formula is C27H28BrN3O4. The highest BCUT2D eigenvalue weighted by molar-refractivity contribution is 9.10. The van der Waals surface area contributed by atoms with Crippen molar-refractivity contribution in [2.75, 3.05) is 13.2 Å². The molecule has 0 aliphatic rings. The van der Waals surface area contributed by atoms with Gasteiger partial charge in [0, 0.05) is 15.6 Å². The third-order valence-corrected chi connectivity index (χ3v) is 5.39. The molecule has 0 heterocycles. The van der Waals surface area contributed by atoms with Gasteiger partial charge in [-0.3, -0.25) is 9.59 Å². The number of ether oxygens (including phenoxy) is 2. The fourth-order valence-corrected chi connectivity index (χ4v) is 3.38. The molecule has 3 aromatic carbocycles. The number of hydrogen-bond donors (Lipinski definition) is 2. The Hall–Kier alpha value is -3.65. The number of unbranched alkanes of at least 4 members (excludes halogenated alkanes) is 1. The van der Waals surface area contributed by atoms with Crippen molar-refractivity contribution >= 4 is 34.0 Å². The first-order chi connectivity index (χ1) is 17.0. The summed E-state index contributed by atoms with van der Waals surface area (Å²) in [4.78, 5) is 24.4. The van der Waals surface area contributed by atoms with Crippen LogP contribution in [0.2, 0.25) is 0 Å². The zero-order chi connectivity index (χ0) is 24.9. The highest BCUT2D eigenvalue weighted by Crippen LogP contribution is 2.23. The number of nitrogens with one attached hydrogen (secondary N) is 2. The van der Waals surface area contributed by atoms with Crippen molar-refractivity contribution in [2.45, 2.75) is 26.4 Å². The Morgan fingerprint density at radius 1 is 1.00 bits per heavy atom. The maximum Gasteiger partial charge on any atom is 0.259 e. The molecule has 0 unspecified atom stereocenters. The van der Waals surface area contributed by atoms with Gasteiger partial charge in [0.15, 0.2) is 0 Å². The SMILES string of the molecule is CCCCOc1ccc(C(=O)NCC(=O)N/N=C\c2cc(Br)ccc2OCc2ccccc2)cc1. The van der Waals surface area contributed by atoms with Gasteiger partial charge in [0.1, 0.15) is 18.1 Å². The molecule has 7 nitrogen and oxygen atoms in total. The number of hydrogen-bond acceptors (Lipinski definition) is 5. The third kappa shape index (κ3) is 8.90. The summed E-state index contributed by atoms with van der Waals surface area (Å²) in [7, 11) is 0. The molecule has 0 radical (unpaired) electrons. The van der Waals surface area contributed by atoms with Crippen molar-refractivity contribution in [3.8, 4) is 11.5 Å². The van der Waals surface area contributed by atoms with Crippen LogP contribution in [0, 0.1) is 0 Å². The number of halogens is 1. The predicted molar refractivity (Wildman–Crippen MR) is 140 cm³/mol. The summed E-state index contributed by atoms with van der Waals surface area (Å²) in [5, 5.41) is 6.58. The molecule has 0 fully saturated rings. The van der Waals surface area contributed by atoms with Crippen LogP contribution in [0.3, 0.4) is 0 Å². The average molecular weight is 538 g/mol. The zero-order valence-electron chi connectivity index (χ0n) is 19.5. The normalized spacial score (nSPS) is 10.7. The average Bonchev–Trinajstić information content (AvgIpc) is 2.88. The van der Waals surface area contributed by atoms with Gasteiger partial charge in [-0.2, -0.15) is 5.10 Å². The summed E-state index contributed by atoms with van der Waals surface area (Å²) in [6.45, 7) is 2.94. The molecule has 182 valence electrons. The number of benzene rings is 3. The van der Waals surface area contributed by atoms with Crippen LogP contribution >= 0.6 is 15.9 Å². The first-order valence-electron chi connectivity index (χ1n) is 11.3. The summed E-state index contributed by atoms with van der Waals surface area (Å²) in [6, 6.07) is 22.2. The quantitative estimate of drug-likeness (QED) is 0.191. The Morgan fingerprint density at radius 3 is 2.51 bits per heavy atom. The van der Waals surface area contributed by atoms with Gasteiger partial charge >= 0.3 is 0 Å². The number of hydrazone groups is 1. The maximum absolute atomic E-state index is 12.3. The summed E-state index contributed by atoms with van der Waals surface area (Å²) >= 11 is 3.44. The van der Waals surface area contributed by atoms with Gasteiger partial charge in [0.25, 0.3) is 11.8 Å². The Morgan fingerprint density at radius 2 is 1.77 bits per heavy atom. The lowest BCUT2D eigenvalue weighted by Crippen LogP contribution is -2.34. The number of rotatable bonds is 12. The molecule has 2 amide bonds. The van der Waals surface area contributed by atoms with Crippen LogP contribution < -0.4 is 20.2 Å². The largest absolute Gasteiger partial charge is 0.494 e. The molecule has 0 aromatic heterocycles. The molecule has 2 N–H and O–H groups in total. The molecule has 3 rings (SSSR count). The Bertz CT molecular complexity index is 1130. The van der Waals surface area contributed by atoms with Crippen LogP contribution in [-0.4, -0.2) is 31.2 Å². The fourth-order valence-electron chi connectivity index (χ4n) is 3.00. The van der Waals surface area contributed by atoms with E-state index in [1.165, 1.54) is 6.21 Å². The molecule has 0 spiro atoms. The van der Waals surface area contributed by atoms with Crippen LogP contribution in [0.1, 0.15) is 41.3 Å². The van der Waals surface area contributed by atoms with Crippen molar-refractivity contribution in [2.24, 2.45) is 5.10 Å². The predicted octanol–water partition coefficient (Wildman–Crippen LogP) is 5.09. The fraction of sp³-hybridized carbons (Fsp3) is 0.222. The first-order valence-corrected chi connectivity index (χ1v) is 12.1. The third-order valence-electron chi connectivity index (χ3n) is 4.89. The first kappa shape index (κ1) is 26.0. The smallest absolute Gasteiger partial charge is 0.259 e. The molecule has 8 heteroatoms. The minimum Gasteiger partial charge on any atom is -0.494 e. The topological polar surface area (TPSA) is 89.0 Å². The monoisotopic (exact) mass is 537 g/mol. The Balaban J connectivity index is 1.47. The Labute approximate surface area is 213 Å². The van der Waals surface area contributed by atoms with Crippen molar-refractivity contribution in [3.05, 3.63) is 94.0 Å². The second kappa shape index (κ2) is 13.9. The highest BCUT2D eigenvalue weighted by Gasteiger charge is 2.08. The summed E-state index contributed by atoms with van der Waals surface area (Å²) < 4.78 is 12.4. The van der Waals surface area contributed by atoms with E-state index in [1.807, 2.05) is 48.5 Å². The van der Waals surface area contributed by atoms with Gasteiger partial charge in [0.05, 0.1) is 19.4 Å². The van der Waals surface area contributed by atoms with Crippen LogP contribution in [0.5, 0.6) is 11.5 Å². The van der Waals surface area contributed by atoms with Crippen molar-refractivity contribution in [3.63, 3.8) is 0 Å². The van der Waals surface area contributed by atoms with Crippen molar-refractivity contribution < 1.29 is 19.1 Å². The van der Waals surface area contributed by atoms with Gasteiger partial charge in [-0.25, -0.2) is 5.43 Å². The Kier molecular flexibility index (Phi) is 10.3. The number of nitrogens with zero attached hydrogens (tertiary/aromatic N) is 1. The van der Waals surface area contributed by atoms with Crippen LogP contribution in [0.15, 0.2) is 82.4 Å². The van der Waals surface area contributed by atoms with E-state index in [0.29, 0.717) is 35.8 Å². The lowest BCUT2D eigenvalue weighted by atomic mass is 10.2. The lowest BCUT2D eigenvalue weighted by molar-refractivity contribution is -0.120. The molecule has 0 aliphatic heterocycles. The molecule has 35 heavy (non-hydrogen) atoms. The second-order valence-electron chi connectivity index (χ2n) is 7.66. The zero-order valence-corrected chi connectivity index (χ0v) is 21.1. The molecule has 3 aromatic rings.